The highest BCUT2D eigenvalue weighted by molar-refractivity contribution is 7.81. The van der Waals surface area contributed by atoms with Crippen LogP contribution in [0.5, 0.6) is 0 Å². The second kappa shape index (κ2) is 9.69. The minimum absolute atomic E-state index is 0.547. The Morgan fingerprint density at radius 2 is 0.767 bits per heavy atom. The Balaban J connectivity index is 1.53. The van der Waals surface area contributed by atoms with Crippen LogP contribution in [0.4, 0.5) is 22.7 Å². The standard InChI is InChI=1S/C24H26N4S2/c1-15-5-7-21(13-17(15)3)27-23(29)25-19-9-11-20(12-10-19)26-24(30)28-22-8-6-16(2)18(4)14-22/h5-14H,1-4H3,(H2,25,27,29)(H2,26,28,30). The average Bonchev–Trinajstić information content (AvgIpc) is 2.69. The summed E-state index contributed by atoms with van der Waals surface area (Å²) in [4.78, 5) is 0. The van der Waals surface area contributed by atoms with Gasteiger partial charge in [-0.25, -0.2) is 0 Å². The fraction of sp³-hybridized carbons (Fsp3) is 0.167. The quantitative estimate of drug-likeness (QED) is 0.350. The second-order valence-electron chi connectivity index (χ2n) is 7.33. The molecule has 4 nitrogen and oxygen atoms in total. The molecule has 0 bridgehead atoms. The molecular formula is C24H26N4S2. The number of hydrogen-bond acceptors (Lipinski definition) is 2. The Kier molecular flexibility index (Phi) is 7.03. The van der Waals surface area contributed by atoms with Gasteiger partial charge in [0.2, 0.25) is 0 Å². The van der Waals surface area contributed by atoms with Crippen molar-refractivity contribution in [3.05, 3.63) is 82.9 Å². The van der Waals surface area contributed by atoms with Crippen molar-refractivity contribution in [2.24, 2.45) is 0 Å². The molecule has 0 saturated carbocycles. The number of benzene rings is 3. The highest BCUT2D eigenvalue weighted by Gasteiger charge is 2.03. The molecule has 30 heavy (non-hydrogen) atoms. The Labute approximate surface area is 189 Å². The molecule has 0 aliphatic rings. The average molecular weight is 435 g/mol. The number of nitrogens with one attached hydrogen (secondary N) is 4. The number of rotatable bonds is 4. The number of aryl methyl sites for hydroxylation is 4. The maximum atomic E-state index is 5.42. The second-order valence-corrected chi connectivity index (χ2v) is 8.15. The van der Waals surface area contributed by atoms with Crippen molar-refractivity contribution in [2.45, 2.75) is 27.7 Å². The van der Waals surface area contributed by atoms with Gasteiger partial charge in [-0.05, 0) is 123 Å². The molecule has 3 aromatic rings. The Hall–Kier alpha value is -2.96. The minimum atomic E-state index is 0.547. The Morgan fingerprint density at radius 1 is 0.467 bits per heavy atom. The van der Waals surface area contributed by atoms with Gasteiger partial charge in [0.05, 0.1) is 0 Å². The zero-order valence-electron chi connectivity index (χ0n) is 17.6. The fourth-order valence-corrected chi connectivity index (χ4v) is 3.33. The van der Waals surface area contributed by atoms with Gasteiger partial charge in [0.15, 0.2) is 10.2 Å². The predicted octanol–water partition coefficient (Wildman–Crippen LogP) is 6.54. The summed E-state index contributed by atoms with van der Waals surface area (Å²) in [5.41, 5.74) is 8.70. The van der Waals surface area contributed by atoms with Crippen molar-refractivity contribution in [3.8, 4) is 0 Å². The van der Waals surface area contributed by atoms with Crippen molar-refractivity contribution >= 4 is 57.4 Å². The van der Waals surface area contributed by atoms with Gasteiger partial charge in [-0.15, -0.1) is 0 Å². The van der Waals surface area contributed by atoms with Gasteiger partial charge in [0, 0.05) is 22.7 Å². The first kappa shape index (κ1) is 21.7. The molecule has 0 spiro atoms. The van der Waals surface area contributed by atoms with E-state index in [0.29, 0.717) is 10.2 Å². The summed E-state index contributed by atoms with van der Waals surface area (Å²) >= 11 is 10.8. The van der Waals surface area contributed by atoms with E-state index in [-0.39, 0.29) is 0 Å². The molecule has 0 aliphatic heterocycles. The molecule has 0 aliphatic carbocycles. The maximum absolute atomic E-state index is 5.42. The van der Waals surface area contributed by atoms with E-state index in [2.05, 4.69) is 73.2 Å². The molecule has 0 aromatic heterocycles. The number of hydrogen-bond donors (Lipinski definition) is 4. The highest BCUT2D eigenvalue weighted by atomic mass is 32.1. The lowest BCUT2D eigenvalue weighted by molar-refractivity contribution is 1.34. The Morgan fingerprint density at radius 3 is 1.10 bits per heavy atom. The van der Waals surface area contributed by atoms with Crippen LogP contribution in [0.25, 0.3) is 0 Å². The number of thiocarbonyl (C=S) groups is 2. The van der Waals surface area contributed by atoms with Crippen LogP contribution in [0, 0.1) is 27.7 Å². The molecule has 0 saturated heterocycles. The van der Waals surface area contributed by atoms with Gasteiger partial charge in [-0.2, -0.15) is 0 Å². The zero-order chi connectivity index (χ0) is 21.7. The van der Waals surface area contributed by atoms with Crippen molar-refractivity contribution < 1.29 is 0 Å². The first-order valence-corrected chi connectivity index (χ1v) is 10.5. The van der Waals surface area contributed by atoms with Crippen LogP contribution < -0.4 is 21.3 Å². The van der Waals surface area contributed by atoms with Crippen LogP contribution in [0.2, 0.25) is 0 Å². The summed E-state index contributed by atoms with van der Waals surface area (Å²) in [6.07, 6.45) is 0. The summed E-state index contributed by atoms with van der Waals surface area (Å²) < 4.78 is 0. The molecule has 4 N–H and O–H groups in total. The molecule has 3 rings (SSSR count). The summed E-state index contributed by atoms with van der Waals surface area (Å²) in [6.45, 7) is 8.35. The van der Waals surface area contributed by atoms with Gasteiger partial charge < -0.3 is 21.3 Å². The zero-order valence-corrected chi connectivity index (χ0v) is 19.2. The van der Waals surface area contributed by atoms with Gasteiger partial charge in [0.25, 0.3) is 0 Å². The normalized spacial score (nSPS) is 10.3. The molecule has 0 amide bonds. The third kappa shape index (κ3) is 6.02. The topological polar surface area (TPSA) is 48.1 Å². The lowest BCUT2D eigenvalue weighted by atomic mass is 10.1. The molecule has 0 unspecified atom stereocenters. The molecule has 6 heteroatoms. The third-order valence-corrected chi connectivity index (χ3v) is 5.34. The first-order valence-electron chi connectivity index (χ1n) is 9.71. The fourth-order valence-electron chi connectivity index (χ4n) is 2.86. The van der Waals surface area contributed by atoms with E-state index in [9.17, 15) is 0 Å². The van der Waals surface area contributed by atoms with Gasteiger partial charge >= 0.3 is 0 Å². The monoisotopic (exact) mass is 434 g/mol. The maximum Gasteiger partial charge on any atom is 0.175 e. The number of anilines is 4. The Bertz CT molecular complexity index is 989. The van der Waals surface area contributed by atoms with Gasteiger partial charge in [0.1, 0.15) is 0 Å². The van der Waals surface area contributed by atoms with Gasteiger partial charge in [-0.1, -0.05) is 12.1 Å². The highest BCUT2D eigenvalue weighted by Crippen LogP contribution is 2.18. The summed E-state index contributed by atoms with van der Waals surface area (Å²) in [5, 5.41) is 13.9. The van der Waals surface area contributed by atoms with Crippen LogP contribution in [-0.2, 0) is 0 Å². The summed E-state index contributed by atoms with van der Waals surface area (Å²) in [5.74, 6) is 0. The molecular weight excluding hydrogens is 408 g/mol. The van der Waals surface area contributed by atoms with Crippen LogP contribution in [0.15, 0.2) is 60.7 Å². The first-order chi connectivity index (χ1) is 14.3. The SMILES string of the molecule is Cc1ccc(NC(=S)Nc2ccc(NC(=S)Nc3ccc(C)c(C)c3)cc2)cc1C. The van der Waals surface area contributed by atoms with E-state index in [4.69, 9.17) is 24.4 Å². The van der Waals surface area contributed by atoms with E-state index < -0.39 is 0 Å². The molecule has 3 aromatic carbocycles. The van der Waals surface area contributed by atoms with Crippen LogP contribution in [-0.4, -0.2) is 10.2 Å². The largest absolute Gasteiger partial charge is 0.332 e. The molecule has 0 radical (unpaired) electrons. The van der Waals surface area contributed by atoms with E-state index in [1.807, 2.05) is 36.4 Å². The molecule has 0 atom stereocenters. The third-order valence-electron chi connectivity index (χ3n) is 4.93. The van der Waals surface area contributed by atoms with E-state index in [0.717, 1.165) is 22.7 Å². The van der Waals surface area contributed by atoms with Crippen molar-refractivity contribution in [2.75, 3.05) is 21.3 Å². The van der Waals surface area contributed by atoms with Crippen molar-refractivity contribution in [1.82, 2.24) is 0 Å². The van der Waals surface area contributed by atoms with Gasteiger partial charge in [-0.3, -0.25) is 0 Å². The van der Waals surface area contributed by atoms with Crippen LogP contribution >= 0.6 is 24.4 Å². The molecule has 154 valence electrons. The lowest BCUT2D eigenvalue weighted by Crippen LogP contribution is -2.20. The van der Waals surface area contributed by atoms with Crippen molar-refractivity contribution in [1.29, 1.82) is 0 Å². The predicted molar refractivity (Wildman–Crippen MR) is 138 cm³/mol. The van der Waals surface area contributed by atoms with E-state index in [1.165, 1.54) is 22.3 Å². The van der Waals surface area contributed by atoms with Crippen LogP contribution in [0.3, 0.4) is 0 Å². The summed E-state index contributed by atoms with van der Waals surface area (Å²) in [6, 6.07) is 20.2. The molecule has 0 fully saturated rings. The smallest absolute Gasteiger partial charge is 0.175 e. The van der Waals surface area contributed by atoms with E-state index in [1.54, 1.807) is 0 Å². The lowest BCUT2D eigenvalue weighted by Gasteiger charge is -2.14. The van der Waals surface area contributed by atoms with E-state index >= 15 is 0 Å². The van der Waals surface area contributed by atoms with Crippen molar-refractivity contribution in [3.63, 3.8) is 0 Å². The van der Waals surface area contributed by atoms with Crippen LogP contribution in [0.1, 0.15) is 22.3 Å². The minimum Gasteiger partial charge on any atom is -0.332 e. The summed E-state index contributed by atoms with van der Waals surface area (Å²) in [7, 11) is 0. The molecule has 0 heterocycles.